The van der Waals surface area contributed by atoms with Crippen LogP contribution in [0.2, 0.25) is 0 Å². The lowest BCUT2D eigenvalue weighted by atomic mass is 10.2. The summed E-state index contributed by atoms with van der Waals surface area (Å²) in [5.74, 6) is -0.749. The molecule has 0 amide bonds. The number of benzene rings is 1. The topological polar surface area (TPSA) is 67.7 Å². The fourth-order valence-corrected chi connectivity index (χ4v) is 2.44. The first-order valence-electron chi connectivity index (χ1n) is 4.87. The summed E-state index contributed by atoms with van der Waals surface area (Å²) in [5.41, 5.74) is 5.52. The number of halogens is 1. The molecule has 6 heteroatoms. The van der Waals surface area contributed by atoms with E-state index in [1.54, 1.807) is 23.0 Å². The summed E-state index contributed by atoms with van der Waals surface area (Å²) in [5, 5.41) is 11.4. The molecule has 0 spiro atoms. The van der Waals surface area contributed by atoms with Crippen LogP contribution in [-0.4, -0.2) is 15.6 Å². The molecular formula is C11H11FN4S. The molecule has 0 unspecified atom stereocenters. The van der Waals surface area contributed by atoms with Crippen LogP contribution >= 0.6 is 11.8 Å². The molecule has 0 atom stereocenters. The van der Waals surface area contributed by atoms with Gasteiger partial charge in [-0.25, -0.2) is 4.39 Å². The summed E-state index contributed by atoms with van der Waals surface area (Å²) >= 11 is 1.33. The van der Waals surface area contributed by atoms with Crippen LogP contribution in [-0.2, 0) is 7.05 Å². The minimum Gasteiger partial charge on any atom is -0.384 e. The Balaban J connectivity index is 2.39. The van der Waals surface area contributed by atoms with Crippen molar-refractivity contribution in [1.29, 1.82) is 5.41 Å². The lowest BCUT2D eigenvalue weighted by Gasteiger charge is -2.07. The smallest absolute Gasteiger partial charge is 0.135 e. The van der Waals surface area contributed by atoms with Crippen molar-refractivity contribution in [2.45, 2.75) is 9.79 Å². The lowest BCUT2D eigenvalue weighted by Crippen LogP contribution is -2.14. The van der Waals surface area contributed by atoms with Crippen molar-refractivity contribution in [3.63, 3.8) is 0 Å². The Labute approximate surface area is 102 Å². The number of aromatic nitrogens is 2. The Kier molecular flexibility index (Phi) is 3.14. The van der Waals surface area contributed by atoms with Crippen molar-refractivity contribution in [3.8, 4) is 0 Å². The van der Waals surface area contributed by atoms with Gasteiger partial charge in [0, 0.05) is 18.1 Å². The molecular weight excluding hydrogens is 239 g/mol. The third-order valence-electron chi connectivity index (χ3n) is 2.15. The fourth-order valence-electron chi connectivity index (χ4n) is 1.43. The van der Waals surface area contributed by atoms with Crippen molar-refractivity contribution in [1.82, 2.24) is 9.78 Å². The molecule has 0 aliphatic carbocycles. The molecule has 0 aliphatic rings. The number of rotatable bonds is 3. The van der Waals surface area contributed by atoms with Gasteiger partial charge >= 0.3 is 0 Å². The lowest BCUT2D eigenvalue weighted by molar-refractivity contribution is 0.621. The molecule has 4 nitrogen and oxygen atoms in total. The second-order valence-corrected chi connectivity index (χ2v) is 4.59. The maximum atomic E-state index is 13.6. The summed E-state index contributed by atoms with van der Waals surface area (Å²) in [6, 6.07) is 4.63. The van der Waals surface area contributed by atoms with Gasteiger partial charge in [0.15, 0.2) is 0 Å². The van der Waals surface area contributed by atoms with Gasteiger partial charge in [-0.3, -0.25) is 10.1 Å². The molecule has 2 aromatic rings. The highest BCUT2D eigenvalue weighted by molar-refractivity contribution is 7.99. The zero-order valence-electron chi connectivity index (χ0n) is 9.14. The molecule has 1 aromatic carbocycles. The van der Waals surface area contributed by atoms with Gasteiger partial charge in [0.2, 0.25) is 0 Å². The van der Waals surface area contributed by atoms with Crippen molar-refractivity contribution in [3.05, 3.63) is 42.0 Å². The largest absolute Gasteiger partial charge is 0.384 e. The summed E-state index contributed by atoms with van der Waals surface area (Å²) in [6.45, 7) is 0. The zero-order valence-corrected chi connectivity index (χ0v) is 9.96. The van der Waals surface area contributed by atoms with Crippen molar-refractivity contribution >= 4 is 17.6 Å². The molecule has 17 heavy (non-hydrogen) atoms. The third kappa shape index (κ3) is 2.47. The standard InChI is InChI=1S/C11H11FN4S/c1-16-6-7(5-15-16)17-9-4-2-3-8(12)10(9)11(13)14/h2-6H,1H3,(H3,13,14). The molecule has 0 aliphatic heterocycles. The van der Waals surface area contributed by atoms with Gasteiger partial charge in [0.1, 0.15) is 11.7 Å². The van der Waals surface area contributed by atoms with E-state index in [1.165, 1.54) is 17.8 Å². The average molecular weight is 250 g/mol. The summed E-state index contributed by atoms with van der Waals surface area (Å²) in [6.07, 6.45) is 3.50. The summed E-state index contributed by atoms with van der Waals surface area (Å²) < 4.78 is 15.2. The first-order valence-corrected chi connectivity index (χ1v) is 5.69. The van der Waals surface area contributed by atoms with Crippen LogP contribution in [0.4, 0.5) is 4.39 Å². The van der Waals surface area contributed by atoms with Crippen molar-refractivity contribution in [2.24, 2.45) is 12.8 Å². The van der Waals surface area contributed by atoms with E-state index in [9.17, 15) is 4.39 Å². The third-order valence-corrected chi connectivity index (χ3v) is 3.16. The highest BCUT2D eigenvalue weighted by Gasteiger charge is 2.12. The molecule has 0 bridgehead atoms. The monoisotopic (exact) mass is 250 g/mol. The van der Waals surface area contributed by atoms with Gasteiger partial charge < -0.3 is 5.73 Å². The van der Waals surface area contributed by atoms with Crippen LogP contribution in [0.1, 0.15) is 5.56 Å². The summed E-state index contributed by atoms with van der Waals surface area (Å²) in [7, 11) is 1.81. The van der Waals surface area contributed by atoms with Gasteiger partial charge in [-0.2, -0.15) is 5.10 Å². The van der Waals surface area contributed by atoms with Gasteiger partial charge in [-0.05, 0) is 12.1 Å². The van der Waals surface area contributed by atoms with Gasteiger partial charge in [0.05, 0.1) is 16.7 Å². The van der Waals surface area contributed by atoms with Gasteiger partial charge in [0.25, 0.3) is 0 Å². The molecule has 1 heterocycles. The van der Waals surface area contributed by atoms with E-state index in [4.69, 9.17) is 11.1 Å². The van der Waals surface area contributed by atoms with Gasteiger partial charge in [-0.1, -0.05) is 17.8 Å². The van der Waals surface area contributed by atoms with Crippen LogP contribution in [0.3, 0.4) is 0 Å². The predicted molar refractivity (Wildman–Crippen MR) is 64.7 cm³/mol. The highest BCUT2D eigenvalue weighted by Crippen LogP contribution is 2.30. The van der Waals surface area contributed by atoms with E-state index in [1.807, 2.05) is 13.2 Å². The minimum absolute atomic E-state index is 0.140. The fraction of sp³-hybridized carbons (Fsp3) is 0.0909. The number of amidine groups is 1. The maximum absolute atomic E-state index is 13.6. The number of nitrogens with one attached hydrogen (secondary N) is 1. The number of hydrogen-bond donors (Lipinski definition) is 2. The van der Waals surface area contributed by atoms with E-state index >= 15 is 0 Å². The maximum Gasteiger partial charge on any atom is 0.135 e. The van der Waals surface area contributed by atoms with Crippen LogP contribution in [0.15, 0.2) is 40.4 Å². The quantitative estimate of drug-likeness (QED) is 0.646. The molecule has 3 N–H and O–H groups in total. The van der Waals surface area contributed by atoms with E-state index in [-0.39, 0.29) is 11.4 Å². The van der Waals surface area contributed by atoms with Crippen LogP contribution in [0.25, 0.3) is 0 Å². The van der Waals surface area contributed by atoms with E-state index in [0.717, 1.165) is 4.90 Å². The van der Waals surface area contributed by atoms with E-state index in [0.29, 0.717) is 4.90 Å². The van der Waals surface area contributed by atoms with Crippen LogP contribution in [0, 0.1) is 11.2 Å². The first kappa shape index (κ1) is 11.7. The molecule has 0 saturated heterocycles. The zero-order chi connectivity index (χ0) is 12.4. The molecule has 0 saturated carbocycles. The normalized spacial score (nSPS) is 10.5. The van der Waals surface area contributed by atoms with Crippen LogP contribution in [0.5, 0.6) is 0 Å². The number of aryl methyl sites for hydroxylation is 1. The highest BCUT2D eigenvalue weighted by atomic mass is 32.2. The Morgan fingerprint density at radius 1 is 1.53 bits per heavy atom. The number of nitrogen functional groups attached to an aromatic ring is 1. The molecule has 1 aromatic heterocycles. The minimum atomic E-state index is -0.480. The van der Waals surface area contributed by atoms with E-state index < -0.39 is 5.82 Å². The Morgan fingerprint density at radius 2 is 2.29 bits per heavy atom. The van der Waals surface area contributed by atoms with E-state index in [2.05, 4.69) is 5.10 Å². The number of hydrogen-bond acceptors (Lipinski definition) is 3. The van der Waals surface area contributed by atoms with Crippen LogP contribution < -0.4 is 5.73 Å². The predicted octanol–water partition coefficient (Wildman–Crippen LogP) is 1.99. The SMILES string of the molecule is Cn1cc(Sc2cccc(F)c2C(=N)N)cn1. The number of nitrogens with two attached hydrogens (primary N) is 1. The van der Waals surface area contributed by atoms with Crippen molar-refractivity contribution in [2.75, 3.05) is 0 Å². The molecule has 0 radical (unpaired) electrons. The first-order chi connectivity index (χ1) is 8.08. The second-order valence-electron chi connectivity index (χ2n) is 3.48. The Bertz CT molecular complexity index is 564. The average Bonchev–Trinajstić information content (AvgIpc) is 2.63. The number of nitrogens with zero attached hydrogens (tertiary/aromatic N) is 2. The summed E-state index contributed by atoms with van der Waals surface area (Å²) in [4.78, 5) is 1.49. The molecule has 0 fully saturated rings. The van der Waals surface area contributed by atoms with Crippen molar-refractivity contribution < 1.29 is 4.39 Å². The molecule has 88 valence electrons. The second kappa shape index (κ2) is 4.58. The Hall–Kier alpha value is -1.82. The Morgan fingerprint density at radius 3 is 2.88 bits per heavy atom. The molecule has 2 rings (SSSR count). The van der Waals surface area contributed by atoms with Gasteiger partial charge in [-0.15, -0.1) is 0 Å².